The van der Waals surface area contributed by atoms with Crippen molar-refractivity contribution >= 4 is 15.9 Å². The third kappa shape index (κ3) is 1.34. The molecular formula is C8H9BrO3. The van der Waals surface area contributed by atoms with Gasteiger partial charge in [0.15, 0.2) is 11.5 Å². The molecule has 0 amide bonds. The van der Waals surface area contributed by atoms with E-state index in [1.807, 2.05) is 0 Å². The maximum Gasteiger partial charge on any atom is 0.200 e. The second kappa shape index (κ2) is 3.23. The predicted molar refractivity (Wildman–Crippen MR) is 48.8 cm³/mol. The van der Waals surface area contributed by atoms with E-state index < -0.39 is 0 Å². The number of aromatic hydroxyl groups is 2. The summed E-state index contributed by atoms with van der Waals surface area (Å²) in [5, 5.41) is 18.5. The van der Waals surface area contributed by atoms with Gasteiger partial charge in [-0.2, -0.15) is 0 Å². The topological polar surface area (TPSA) is 49.7 Å². The maximum atomic E-state index is 9.31. The van der Waals surface area contributed by atoms with Gasteiger partial charge in [0.2, 0.25) is 5.75 Å². The van der Waals surface area contributed by atoms with E-state index in [0.717, 1.165) is 5.56 Å². The molecule has 0 saturated carbocycles. The molecule has 1 aromatic rings. The maximum absolute atomic E-state index is 9.31. The highest BCUT2D eigenvalue weighted by Gasteiger charge is 2.13. The molecule has 12 heavy (non-hydrogen) atoms. The van der Waals surface area contributed by atoms with Gasteiger partial charge in [-0.3, -0.25) is 0 Å². The Kier molecular flexibility index (Phi) is 2.47. The Morgan fingerprint density at radius 2 is 2.00 bits per heavy atom. The number of phenols is 2. The zero-order valence-corrected chi connectivity index (χ0v) is 8.34. The number of ether oxygens (including phenoxy) is 1. The van der Waals surface area contributed by atoms with Crippen LogP contribution >= 0.6 is 15.9 Å². The summed E-state index contributed by atoms with van der Waals surface area (Å²) in [6.07, 6.45) is 0. The fourth-order valence-electron chi connectivity index (χ4n) is 0.949. The minimum absolute atomic E-state index is 0.190. The van der Waals surface area contributed by atoms with Crippen LogP contribution in [0.4, 0.5) is 0 Å². The van der Waals surface area contributed by atoms with Gasteiger partial charge in [0.1, 0.15) is 0 Å². The highest BCUT2D eigenvalue weighted by molar-refractivity contribution is 9.10. The van der Waals surface area contributed by atoms with Crippen LogP contribution in [0.3, 0.4) is 0 Å². The first-order chi connectivity index (χ1) is 5.57. The molecule has 3 nitrogen and oxygen atoms in total. The zero-order valence-electron chi connectivity index (χ0n) is 6.76. The molecule has 0 fully saturated rings. The average Bonchev–Trinajstić information content (AvgIpc) is 2.02. The molecule has 0 radical (unpaired) electrons. The van der Waals surface area contributed by atoms with Crippen molar-refractivity contribution in [2.45, 2.75) is 6.92 Å². The Hall–Kier alpha value is -0.900. The summed E-state index contributed by atoms with van der Waals surface area (Å²) < 4.78 is 5.60. The van der Waals surface area contributed by atoms with Crippen LogP contribution in [-0.2, 0) is 0 Å². The lowest BCUT2D eigenvalue weighted by molar-refractivity contribution is 0.348. The van der Waals surface area contributed by atoms with Crippen LogP contribution in [0.15, 0.2) is 10.5 Å². The number of hydrogen-bond donors (Lipinski definition) is 2. The Morgan fingerprint density at radius 3 is 2.50 bits per heavy atom. The number of phenolic OH excluding ortho intramolecular Hbond substituents is 2. The van der Waals surface area contributed by atoms with Crippen molar-refractivity contribution in [3.05, 3.63) is 16.1 Å². The van der Waals surface area contributed by atoms with Crippen molar-refractivity contribution in [3.8, 4) is 17.2 Å². The molecule has 0 aromatic heterocycles. The molecule has 0 aliphatic rings. The summed E-state index contributed by atoms with van der Waals surface area (Å²) in [6, 6.07) is 1.42. The van der Waals surface area contributed by atoms with Crippen LogP contribution in [0.2, 0.25) is 0 Å². The van der Waals surface area contributed by atoms with E-state index in [-0.39, 0.29) is 11.5 Å². The Balaban J connectivity index is 3.42. The average molecular weight is 233 g/mol. The molecule has 0 saturated heterocycles. The minimum Gasteiger partial charge on any atom is -0.504 e. The van der Waals surface area contributed by atoms with E-state index in [4.69, 9.17) is 4.74 Å². The van der Waals surface area contributed by atoms with Crippen LogP contribution in [0.1, 0.15) is 5.56 Å². The van der Waals surface area contributed by atoms with Crippen molar-refractivity contribution in [2.24, 2.45) is 0 Å². The molecule has 0 aliphatic heterocycles. The summed E-state index contributed by atoms with van der Waals surface area (Å²) in [5.41, 5.74) is 0.757. The van der Waals surface area contributed by atoms with E-state index in [1.54, 1.807) is 6.92 Å². The van der Waals surface area contributed by atoms with E-state index in [1.165, 1.54) is 13.2 Å². The highest BCUT2D eigenvalue weighted by Crippen LogP contribution is 2.41. The molecular weight excluding hydrogens is 224 g/mol. The first-order valence-electron chi connectivity index (χ1n) is 3.33. The van der Waals surface area contributed by atoms with E-state index in [9.17, 15) is 10.2 Å². The standard InChI is InChI=1S/C8H9BrO3/c1-4-5(9)3-6(10)7(11)8(4)12-2/h3,10-11H,1-2H3. The fraction of sp³-hybridized carbons (Fsp3) is 0.250. The number of halogens is 1. The van der Waals surface area contributed by atoms with Crippen molar-refractivity contribution in [3.63, 3.8) is 0 Å². The van der Waals surface area contributed by atoms with Crippen molar-refractivity contribution in [2.75, 3.05) is 7.11 Å². The summed E-state index contributed by atoms with van der Waals surface area (Å²) in [6.45, 7) is 1.78. The smallest absolute Gasteiger partial charge is 0.200 e. The van der Waals surface area contributed by atoms with Crippen LogP contribution in [0.5, 0.6) is 17.2 Å². The van der Waals surface area contributed by atoms with Crippen molar-refractivity contribution < 1.29 is 14.9 Å². The molecule has 0 bridgehead atoms. The monoisotopic (exact) mass is 232 g/mol. The largest absolute Gasteiger partial charge is 0.504 e. The lowest BCUT2D eigenvalue weighted by Gasteiger charge is -2.09. The van der Waals surface area contributed by atoms with E-state index in [0.29, 0.717) is 10.2 Å². The highest BCUT2D eigenvalue weighted by atomic mass is 79.9. The van der Waals surface area contributed by atoms with Crippen molar-refractivity contribution in [1.82, 2.24) is 0 Å². The van der Waals surface area contributed by atoms with Gasteiger partial charge in [0.25, 0.3) is 0 Å². The lowest BCUT2D eigenvalue weighted by Crippen LogP contribution is -1.89. The van der Waals surface area contributed by atoms with Gasteiger partial charge in [-0.05, 0) is 13.0 Å². The Labute approximate surface area is 78.7 Å². The molecule has 0 atom stereocenters. The molecule has 1 aromatic carbocycles. The summed E-state index contributed by atoms with van der Waals surface area (Å²) in [5.74, 6) is -0.121. The second-order valence-electron chi connectivity index (χ2n) is 2.38. The molecule has 0 heterocycles. The van der Waals surface area contributed by atoms with Gasteiger partial charge >= 0.3 is 0 Å². The normalized spacial score (nSPS) is 9.92. The van der Waals surface area contributed by atoms with Crippen molar-refractivity contribution in [1.29, 1.82) is 0 Å². The third-order valence-electron chi connectivity index (χ3n) is 1.62. The van der Waals surface area contributed by atoms with E-state index >= 15 is 0 Å². The van der Waals surface area contributed by atoms with Gasteiger partial charge in [0.05, 0.1) is 7.11 Å². The lowest BCUT2D eigenvalue weighted by atomic mass is 10.2. The molecule has 0 unspecified atom stereocenters. The van der Waals surface area contributed by atoms with Gasteiger partial charge in [-0.15, -0.1) is 0 Å². The van der Waals surface area contributed by atoms with Gasteiger partial charge in [0, 0.05) is 10.0 Å². The Bertz CT molecular complexity index is 283. The summed E-state index contributed by atoms with van der Waals surface area (Å²) in [4.78, 5) is 0. The number of rotatable bonds is 1. The van der Waals surface area contributed by atoms with Gasteiger partial charge in [-0.1, -0.05) is 15.9 Å². The van der Waals surface area contributed by atoms with Gasteiger partial charge in [-0.25, -0.2) is 0 Å². The van der Waals surface area contributed by atoms with Crippen LogP contribution < -0.4 is 4.74 Å². The van der Waals surface area contributed by atoms with Crippen LogP contribution in [0.25, 0.3) is 0 Å². The van der Waals surface area contributed by atoms with Crippen LogP contribution in [0, 0.1) is 6.92 Å². The number of methoxy groups -OCH3 is 1. The summed E-state index contributed by atoms with van der Waals surface area (Å²) >= 11 is 3.22. The SMILES string of the molecule is COc1c(C)c(Br)cc(O)c1O. The molecule has 66 valence electrons. The zero-order chi connectivity index (χ0) is 9.30. The first-order valence-corrected chi connectivity index (χ1v) is 4.12. The Morgan fingerprint density at radius 1 is 1.42 bits per heavy atom. The predicted octanol–water partition coefficient (Wildman–Crippen LogP) is 2.18. The van der Waals surface area contributed by atoms with Crippen LogP contribution in [-0.4, -0.2) is 17.3 Å². The number of hydrogen-bond acceptors (Lipinski definition) is 3. The first kappa shape index (κ1) is 9.19. The minimum atomic E-state index is -0.224. The number of benzene rings is 1. The fourth-order valence-corrected chi connectivity index (χ4v) is 1.35. The quantitative estimate of drug-likeness (QED) is 0.731. The van der Waals surface area contributed by atoms with Gasteiger partial charge < -0.3 is 14.9 Å². The molecule has 0 spiro atoms. The van der Waals surface area contributed by atoms with E-state index in [2.05, 4.69) is 15.9 Å². The summed E-state index contributed by atoms with van der Waals surface area (Å²) in [7, 11) is 1.44. The molecule has 2 N–H and O–H groups in total. The molecule has 0 aliphatic carbocycles. The molecule has 1 rings (SSSR count). The molecule has 4 heteroatoms. The second-order valence-corrected chi connectivity index (χ2v) is 3.24. The third-order valence-corrected chi connectivity index (χ3v) is 2.45.